The number of pyridine rings is 3. The summed E-state index contributed by atoms with van der Waals surface area (Å²) in [6.07, 6.45) is 3.75. The first-order chi connectivity index (χ1) is 14.6. The molecule has 0 saturated heterocycles. The van der Waals surface area contributed by atoms with Crippen molar-refractivity contribution in [1.82, 2.24) is 24.4 Å². The first kappa shape index (κ1) is 21.0. The van der Waals surface area contributed by atoms with E-state index >= 15 is 0 Å². The topological polar surface area (TPSA) is 74.0 Å². The van der Waals surface area contributed by atoms with Crippen LogP contribution < -0.4 is 15.6 Å². The van der Waals surface area contributed by atoms with E-state index in [-0.39, 0.29) is 24.6 Å². The Morgan fingerprint density at radius 2 is 2.10 bits per heavy atom. The molecule has 4 aromatic rings. The smallest absolute Gasteiger partial charge is 0.259 e. The standard InChI is InChI=1S/C22H20FN5O2.ClH/c1-27-19-6-8-24-12-18(19)17-4-5-20(26-22(17)27)28-9-7-16(10-21(28)29)30-13-15-3-2-14(23)11-25-15;/h2-5,7,9-11,24H,6,8,12-13H2,1H3;1H. The van der Waals surface area contributed by atoms with E-state index in [2.05, 4.69) is 14.9 Å². The number of nitrogens with zero attached hydrogens (tertiary/aromatic N) is 4. The summed E-state index contributed by atoms with van der Waals surface area (Å²) >= 11 is 0. The van der Waals surface area contributed by atoms with E-state index in [1.54, 1.807) is 18.3 Å². The lowest BCUT2D eigenvalue weighted by Crippen LogP contribution is -2.24. The summed E-state index contributed by atoms with van der Waals surface area (Å²) in [4.78, 5) is 21.4. The van der Waals surface area contributed by atoms with Gasteiger partial charge in [-0.2, -0.15) is 0 Å². The summed E-state index contributed by atoms with van der Waals surface area (Å²) in [5, 5.41) is 4.52. The van der Waals surface area contributed by atoms with Crippen LogP contribution >= 0.6 is 12.4 Å². The van der Waals surface area contributed by atoms with Gasteiger partial charge >= 0.3 is 0 Å². The van der Waals surface area contributed by atoms with Crippen LogP contribution in [0.5, 0.6) is 5.75 Å². The van der Waals surface area contributed by atoms with Gasteiger partial charge in [0.25, 0.3) is 5.56 Å². The van der Waals surface area contributed by atoms with Gasteiger partial charge in [0.05, 0.1) is 11.9 Å². The monoisotopic (exact) mass is 441 g/mol. The average molecular weight is 442 g/mol. The zero-order valence-corrected chi connectivity index (χ0v) is 17.7. The average Bonchev–Trinajstić information content (AvgIpc) is 3.05. The van der Waals surface area contributed by atoms with Crippen molar-refractivity contribution in [2.75, 3.05) is 6.54 Å². The van der Waals surface area contributed by atoms with Gasteiger partial charge in [-0.15, -0.1) is 12.4 Å². The Hall–Kier alpha value is -3.23. The molecule has 0 aliphatic carbocycles. The maximum absolute atomic E-state index is 12.9. The molecule has 4 aromatic heterocycles. The summed E-state index contributed by atoms with van der Waals surface area (Å²) in [5.74, 6) is 0.579. The number of rotatable bonds is 4. The molecule has 160 valence electrons. The van der Waals surface area contributed by atoms with Crippen molar-refractivity contribution in [2.45, 2.75) is 19.6 Å². The van der Waals surface area contributed by atoms with Crippen LogP contribution in [-0.4, -0.2) is 25.6 Å². The number of fused-ring (bicyclic) bond motifs is 3. The number of aromatic nitrogens is 4. The van der Waals surface area contributed by atoms with Gasteiger partial charge < -0.3 is 14.6 Å². The Balaban J connectivity index is 0.00000231. The van der Waals surface area contributed by atoms with Crippen LogP contribution in [0.3, 0.4) is 0 Å². The van der Waals surface area contributed by atoms with Gasteiger partial charge in [-0.3, -0.25) is 14.3 Å². The van der Waals surface area contributed by atoms with Crippen LogP contribution in [0.2, 0.25) is 0 Å². The molecule has 1 N–H and O–H groups in total. The molecular weight excluding hydrogens is 421 g/mol. The van der Waals surface area contributed by atoms with Crippen LogP contribution in [0.4, 0.5) is 4.39 Å². The lowest BCUT2D eigenvalue weighted by molar-refractivity contribution is 0.300. The highest BCUT2D eigenvalue weighted by atomic mass is 35.5. The van der Waals surface area contributed by atoms with Crippen LogP contribution in [0.1, 0.15) is 17.0 Å². The van der Waals surface area contributed by atoms with E-state index in [4.69, 9.17) is 9.72 Å². The predicted molar refractivity (Wildman–Crippen MR) is 117 cm³/mol. The van der Waals surface area contributed by atoms with Gasteiger partial charge in [-0.1, -0.05) is 0 Å². The molecule has 5 rings (SSSR count). The maximum atomic E-state index is 12.9. The quantitative estimate of drug-likeness (QED) is 0.527. The van der Waals surface area contributed by atoms with Crippen molar-refractivity contribution in [3.05, 3.63) is 81.9 Å². The first-order valence-electron chi connectivity index (χ1n) is 9.74. The molecule has 0 bridgehead atoms. The molecule has 0 atom stereocenters. The molecule has 0 spiro atoms. The molecule has 0 amide bonds. The number of hydrogen-bond acceptors (Lipinski definition) is 5. The van der Waals surface area contributed by atoms with Crippen LogP contribution in [-0.2, 0) is 26.6 Å². The highest BCUT2D eigenvalue weighted by Gasteiger charge is 2.19. The van der Waals surface area contributed by atoms with Crippen molar-refractivity contribution < 1.29 is 9.13 Å². The molecule has 0 fully saturated rings. The predicted octanol–water partition coefficient (Wildman–Crippen LogP) is 2.90. The highest BCUT2D eigenvalue weighted by Crippen LogP contribution is 2.27. The fraction of sp³-hybridized carbons (Fsp3) is 0.227. The fourth-order valence-corrected chi connectivity index (χ4v) is 3.87. The Morgan fingerprint density at radius 3 is 2.87 bits per heavy atom. The van der Waals surface area contributed by atoms with Crippen LogP contribution in [0, 0.1) is 5.82 Å². The minimum atomic E-state index is -0.402. The highest BCUT2D eigenvalue weighted by molar-refractivity contribution is 5.85. The van der Waals surface area contributed by atoms with Crippen molar-refractivity contribution in [1.29, 1.82) is 0 Å². The normalized spacial score (nSPS) is 13.0. The molecule has 0 unspecified atom stereocenters. The second kappa shape index (κ2) is 8.49. The molecule has 31 heavy (non-hydrogen) atoms. The van der Waals surface area contributed by atoms with Gasteiger partial charge in [-0.25, -0.2) is 9.37 Å². The Morgan fingerprint density at radius 1 is 1.23 bits per heavy atom. The number of ether oxygens (including phenoxy) is 1. The van der Waals surface area contributed by atoms with E-state index in [1.165, 1.54) is 28.0 Å². The first-order valence-corrected chi connectivity index (χ1v) is 9.74. The molecule has 9 heteroatoms. The third kappa shape index (κ3) is 3.92. The Labute approximate surface area is 183 Å². The molecule has 5 heterocycles. The van der Waals surface area contributed by atoms with Crippen molar-refractivity contribution in [3.8, 4) is 11.6 Å². The molecule has 0 aromatic carbocycles. The Kier molecular flexibility index (Phi) is 5.75. The summed E-state index contributed by atoms with van der Waals surface area (Å²) in [7, 11) is 2.02. The minimum Gasteiger partial charge on any atom is -0.487 e. The molecule has 0 saturated carbocycles. The molecule has 0 radical (unpaired) electrons. The van der Waals surface area contributed by atoms with Gasteiger partial charge in [0, 0.05) is 49.9 Å². The van der Waals surface area contributed by atoms with Gasteiger partial charge in [0.15, 0.2) is 0 Å². The summed E-state index contributed by atoms with van der Waals surface area (Å²) in [6.45, 7) is 1.94. The minimum absolute atomic E-state index is 0. The third-order valence-electron chi connectivity index (χ3n) is 5.41. The molecule has 1 aliphatic rings. The Bertz CT molecular complexity index is 1300. The van der Waals surface area contributed by atoms with Crippen molar-refractivity contribution in [3.63, 3.8) is 0 Å². The van der Waals surface area contributed by atoms with Crippen molar-refractivity contribution in [2.24, 2.45) is 7.05 Å². The summed E-state index contributed by atoms with van der Waals surface area (Å²) in [6, 6.07) is 9.88. The van der Waals surface area contributed by atoms with Gasteiger partial charge in [0.1, 0.15) is 29.6 Å². The van der Waals surface area contributed by atoms with Crippen molar-refractivity contribution >= 4 is 23.4 Å². The van der Waals surface area contributed by atoms with Gasteiger partial charge in [-0.05, 0) is 35.9 Å². The van der Waals surface area contributed by atoms with Gasteiger partial charge in [0.2, 0.25) is 0 Å². The lowest BCUT2D eigenvalue weighted by Gasteiger charge is -2.14. The molecule has 7 nitrogen and oxygen atoms in total. The summed E-state index contributed by atoms with van der Waals surface area (Å²) < 4.78 is 22.2. The molecule has 1 aliphatic heterocycles. The SMILES string of the molecule is Cl.Cn1c2c(c3ccc(-n4ccc(OCc5ccc(F)cn5)cc4=O)nc31)CNCC2. The molecular formula is C22H21ClFN5O2. The number of halogens is 2. The van der Waals surface area contributed by atoms with E-state index in [9.17, 15) is 9.18 Å². The number of nitrogens with one attached hydrogen (secondary N) is 1. The maximum Gasteiger partial charge on any atom is 0.259 e. The van der Waals surface area contributed by atoms with E-state index < -0.39 is 5.82 Å². The van der Waals surface area contributed by atoms with E-state index in [0.717, 1.165) is 36.7 Å². The zero-order valence-electron chi connectivity index (χ0n) is 16.8. The zero-order chi connectivity index (χ0) is 20.7. The van der Waals surface area contributed by atoms with E-state index in [0.29, 0.717) is 17.3 Å². The number of hydrogen-bond donors (Lipinski definition) is 1. The fourth-order valence-electron chi connectivity index (χ4n) is 3.87. The second-order valence-electron chi connectivity index (χ2n) is 7.28. The lowest BCUT2D eigenvalue weighted by atomic mass is 10.1. The largest absolute Gasteiger partial charge is 0.487 e. The second-order valence-corrected chi connectivity index (χ2v) is 7.28. The summed E-state index contributed by atoms with van der Waals surface area (Å²) in [5.41, 5.74) is 3.78. The van der Waals surface area contributed by atoms with Crippen LogP contribution in [0.15, 0.2) is 53.6 Å². The number of aryl methyl sites for hydroxylation is 1. The third-order valence-corrected chi connectivity index (χ3v) is 5.41. The van der Waals surface area contributed by atoms with Crippen LogP contribution in [0.25, 0.3) is 16.9 Å². The van der Waals surface area contributed by atoms with E-state index in [1.807, 2.05) is 19.2 Å².